The summed E-state index contributed by atoms with van der Waals surface area (Å²) in [5.74, 6) is 0.357. The molecule has 5 heteroatoms. The smallest absolute Gasteiger partial charge is 0.257 e. The summed E-state index contributed by atoms with van der Waals surface area (Å²) in [5.41, 5.74) is 0. The van der Waals surface area contributed by atoms with Crippen molar-refractivity contribution in [3.63, 3.8) is 0 Å². The normalized spacial score (nSPS) is 10.9. The summed E-state index contributed by atoms with van der Waals surface area (Å²) in [4.78, 5) is 11.8. The monoisotopic (exact) mass is 471 g/mol. The number of halogens is 2. The summed E-state index contributed by atoms with van der Waals surface area (Å²) in [6, 6.07) is 4.97. The first kappa shape index (κ1) is 28.1. The number of nitrogens with one attached hydrogen (secondary N) is 1. The van der Waals surface area contributed by atoms with Crippen LogP contribution in [0.2, 0.25) is 10.0 Å². The van der Waals surface area contributed by atoms with Gasteiger partial charge in [-0.3, -0.25) is 4.79 Å². The fourth-order valence-electron chi connectivity index (χ4n) is 3.69. The second kappa shape index (κ2) is 19.7. The van der Waals surface area contributed by atoms with Crippen LogP contribution in [0.3, 0.4) is 0 Å². The number of ether oxygens (including phenoxy) is 1. The van der Waals surface area contributed by atoms with Gasteiger partial charge in [-0.2, -0.15) is 0 Å². The molecule has 0 aliphatic rings. The number of unbranched alkanes of at least 4 members (excludes halogenated alkanes) is 15. The van der Waals surface area contributed by atoms with Crippen LogP contribution in [0.5, 0.6) is 5.75 Å². The van der Waals surface area contributed by atoms with Crippen LogP contribution in [-0.4, -0.2) is 19.1 Å². The van der Waals surface area contributed by atoms with Gasteiger partial charge in [0.05, 0.1) is 5.02 Å². The Kier molecular flexibility index (Phi) is 17.9. The molecule has 0 radical (unpaired) electrons. The number of hydrogen-bond acceptors (Lipinski definition) is 2. The Morgan fingerprint density at radius 2 is 1.26 bits per heavy atom. The largest absolute Gasteiger partial charge is 0.482 e. The van der Waals surface area contributed by atoms with Gasteiger partial charge >= 0.3 is 0 Å². The van der Waals surface area contributed by atoms with Crippen molar-refractivity contribution in [1.82, 2.24) is 5.32 Å². The highest BCUT2D eigenvalue weighted by molar-refractivity contribution is 6.35. The van der Waals surface area contributed by atoms with Gasteiger partial charge in [0.1, 0.15) is 5.75 Å². The van der Waals surface area contributed by atoms with E-state index < -0.39 is 0 Å². The molecule has 1 aromatic rings. The first-order valence-electron chi connectivity index (χ1n) is 12.5. The lowest BCUT2D eigenvalue weighted by molar-refractivity contribution is -0.123. The molecule has 1 amide bonds. The molecule has 0 bridgehead atoms. The van der Waals surface area contributed by atoms with Crippen molar-refractivity contribution < 1.29 is 9.53 Å². The molecule has 178 valence electrons. The Hall–Kier alpha value is -0.930. The third-order valence-corrected chi connectivity index (χ3v) is 6.14. The fourth-order valence-corrected chi connectivity index (χ4v) is 4.15. The third-order valence-electron chi connectivity index (χ3n) is 5.61. The standard InChI is InChI=1S/C26H43Cl2NO2/c1-2-3-4-5-6-7-8-9-10-11-12-13-14-15-16-17-20-29-26(30)22-31-25-19-18-23(27)21-24(25)28/h18-19,21H,2-17,20,22H2,1H3,(H,29,30). The van der Waals surface area contributed by atoms with Crippen LogP contribution in [0.25, 0.3) is 0 Å². The van der Waals surface area contributed by atoms with Crippen molar-refractivity contribution in [2.75, 3.05) is 13.2 Å². The summed E-state index contributed by atoms with van der Waals surface area (Å²) in [5, 5.41) is 3.86. The maximum atomic E-state index is 11.8. The Bertz CT molecular complexity index is 581. The molecule has 0 aliphatic heterocycles. The zero-order valence-electron chi connectivity index (χ0n) is 19.5. The minimum atomic E-state index is -0.119. The van der Waals surface area contributed by atoms with Gasteiger partial charge in [0.15, 0.2) is 6.61 Å². The first-order chi connectivity index (χ1) is 15.1. The average molecular weight is 473 g/mol. The molecule has 0 saturated carbocycles. The number of carbonyl (C=O) groups excluding carboxylic acids is 1. The van der Waals surface area contributed by atoms with Crippen LogP contribution in [0.4, 0.5) is 0 Å². The van der Waals surface area contributed by atoms with Gasteiger partial charge < -0.3 is 10.1 Å². The van der Waals surface area contributed by atoms with Gasteiger partial charge in [-0.25, -0.2) is 0 Å². The average Bonchev–Trinajstić information content (AvgIpc) is 2.75. The number of hydrogen-bond donors (Lipinski definition) is 1. The van der Waals surface area contributed by atoms with E-state index in [0.29, 0.717) is 22.3 Å². The van der Waals surface area contributed by atoms with E-state index >= 15 is 0 Å². The first-order valence-corrected chi connectivity index (χ1v) is 13.2. The zero-order valence-corrected chi connectivity index (χ0v) is 21.0. The van der Waals surface area contributed by atoms with E-state index in [4.69, 9.17) is 27.9 Å². The predicted molar refractivity (Wildman–Crippen MR) is 135 cm³/mol. The molecule has 1 aromatic carbocycles. The molecule has 1 rings (SSSR count). The summed E-state index contributed by atoms with van der Waals surface area (Å²) >= 11 is 11.9. The van der Waals surface area contributed by atoms with Crippen LogP contribution >= 0.6 is 23.2 Å². The number of benzene rings is 1. The SMILES string of the molecule is CCCCCCCCCCCCCCCCCCNC(=O)COc1ccc(Cl)cc1Cl. The van der Waals surface area contributed by atoms with Crippen molar-refractivity contribution in [2.45, 2.75) is 110 Å². The lowest BCUT2D eigenvalue weighted by Crippen LogP contribution is -2.29. The fraction of sp³-hybridized carbons (Fsp3) is 0.731. The van der Waals surface area contributed by atoms with Crippen molar-refractivity contribution in [1.29, 1.82) is 0 Å². The molecular formula is C26H43Cl2NO2. The highest BCUT2D eigenvalue weighted by atomic mass is 35.5. The molecular weight excluding hydrogens is 429 g/mol. The summed E-state index contributed by atoms with van der Waals surface area (Å²) < 4.78 is 5.43. The van der Waals surface area contributed by atoms with Gasteiger partial charge in [-0.15, -0.1) is 0 Å². The van der Waals surface area contributed by atoms with E-state index in [1.165, 1.54) is 96.3 Å². The molecule has 0 aliphatic carbocycles. The topological polar surface area (TPSA) is 38.3 Å². The molecule has 0 fully saturated rings. The van der Waals surface area contributed by atoms with Gasteiger partial charge in [-0.1, -0.05) is 126 Å². The molecule has 0 spiro atoms. The third kappa shape index (κ3) is 16.4. The quantitative estimate of drug-likeness (QED) is 0.193. The van der Waals surface area contributed by atoms with Crippen LogP contribution < -0.4 is 10.1 Å². The van der Waals surface area contributed by atoms with Crippen molar-refractivity contribution in [3.8, 4) is 5.75 Å². The van der Waals surface area contributed by atoms with Crippen LogP contribution in [-0.2, 0) is 4.79 Å². The summed E-state index contributed by atoms with van der Waals surface area (Å²) in [7, 11) is 0. The molecule has 3 nitrogen and oxygen atoms in total. The summed E-state index contributed by atoms with van der Waals surface area (Å²) in [6.45, 7) is 2.95. The molecule has 0 atom stereocenters. The van der Waals surface area contributed by atoms with E-state index in [1.54, 1.807) is 18.2 Å². The minimum Gasteiger partial charge on any atom is -0.482 e. The van der Waals surface area contributed by atoms with E-state index in [1.807, 2.05) is 0 Å². The van der Waals surface area contributed by atoms with Crippen molar-refractivity contribution in [2.24, 2.45) is 0 Å². The van der Waals surface area contributed by atoms with Crippen LogP contribution in [0, 0.1) is 0 Å². The zero-order chi connectivity index (χ0) is 22.6. The maximum absolute atomic E-state index is 11.8. The van der Waals surface area contributed by atoms with Gasteiger partial charge in [0.25, 0.3) is 5.91 Å². The predicted octanol–water partition coefficient (Wildman–Crippen LogP) is 8.75. The second-order valence-electron chi connectivity index (χ2n) is 8.52. The Labute approximate surface area is 200 Å². The van der Waals surface area contributed by atoms with E-state index in [-0.39, 0.29) is 12.5 Å². The van der Waals surface area contributed by atoms with E-state index in [9.17, 15) is 4.79 Å². The molecule has 1 N–H and O–H groups in total. The summed E-state index contributed by atoms with van der Waals surface area (Å²) in [6.07, 6.45) is 21.6. The lowest BCUT2D eigenvalue weighted by Gasteiger charge is -2.09. The second-order valence-corrected chi connectivity index (χ2v) is 9.36. The van der Waals surface area contributed by atoms with Crippen LogP contribution in [0.1, 0.15) is 110 Å². The van der Waals surface area contributed by atoms with Crippen molar-refractivity contribution in [3.05, 3.63) is 28.2 Å². The molecule has 0 heterocycles. The lowest BCUT2D eigenvalue weighted by atomic mass is 10.0. The highest BCUT2D eigenvalue weighted by Gasteiger charge is 2.06. The Balaban J connectivity index is 1.81. The molecule has 0 unspecified atom stereocenters. The number of amides is 1. The van der Waals surface area contributed by atoms with Crippen molar-refractivity contribution >= 4 is 29.1 Å². The van der Waals surface area contributed by atoms with E-state index in [0.717, 1.165) is 6.42 Å². The Morgan fingerprint density at radius 1 is 0.774 bits per heavy atom. The molecule has 0 aromatic heterocycles. The van der Waals surface area contributed by atoms with Crippen LogP contribution in [0.15, 0.2) is 18.2 Å². The van der Waals surface area contributed by atoms with E-state index in [2.05, 4.69) is 12.2 Å². The number of carbonyl (C=O) groups is 1. The van der Waals surface area contributed by atoms with Gasteiger partial charge in [0, 0.05) is 11.6 Å². The molecule has 31 heavy (non-hydrogen) atoms. The maximum Gasteiger partial charge on any atom is 0.257 e. The van der Waals surface area contributed by atoms with Gasteiger partial charge in [0.2, 0.25) is 0 Å². The Morgan fingerprint density at radius 3 is 1.74 bits per heavy atom. The number of rotatable bonds is 20. The highest BCUT2D eigenvalue weighted by Crippen LogP contribution is 2.27. The molecule has 0 saturated heterocycles. The van der Waals surface area contributed by atoms with Gasteiger partial charge in [-0.05, 0) is 24.6 Å². The minimum absolute atomic E-state index is 0.0276.